The molecule has 190 valence electrons. The van der Waals surface area contributed by atoms with Gasteiger partial charge in [0.15, 0.2) is 12.1 Å². The van der Waals surface area contributed by atoms with Gasteiger partial charge in [-0.2, -0.15) is 0 Å². The maximum absolute atomic E-state index is 13.2. The van der Waals surface area contributed by atoms with Crippen LogP contribution >= 0.6 is 15.9 Å². The number of ether oxygens (including phenoxy) is 6. The van der Waals surface area contributed by atoms with Crippen LogP contribution in [0, 0.1) is 5.92 Å². The van der Waals surface area contributed by atoms with E-state index in [1.165, 1.54) is 21.3 Å². The monoisotopic (exact) mass is 551 g/mol. The van der Waals surface area contributed by atoms with Crippen molar-refractivity contribution >= 4 is 33.6 Å². The third-order valence-corrected chi connectivity index (χ3v) is 7.12. The van der Waals surface area contributed by atoms with Crippen molar-refractivity contribution in [2.24, 2.45) is 5.92 Å². The summed E-state index contributed by atoms with van der Waals surface area (Å²) in [4.78, 5) is 28.3. The molecule has 9 nitrogen and oxygen atoms in total. The Kier molecular flexibility index (Phi) is 7.14. The van der Waals surface area contributed by atoms with Gasteiger partial charge in [-0.05, 0) is 52.0 Å². The van der Waals surface area contributed by atoms with Gasteiger partial charge in [0.1, 0.15) is 18.3 Å². The maximum Gasteiger partial charge on any atom is 0.336 e. The highest BCUT2D eigenvalue weighted by molar-refractivity contribution is 9.10. The number of halogens is 1. The van der Waals surface area contributed by atoms with E-state index < -0.39 is 48.2 Å². The summed E-state index contributed by atoms with van der Waals surface area (Å²) in [6.07, 6.45) is -2.65. The molecule has 0 aliphatic carbocycles. The first-order chi connectivity index (χ1) is 16.5. The van der Waals surface area contributed by atoms with Crippen molar-refractivity contribution < 1.29 is 38.0 Å². The number of benzene rings is 1. The number of fused-ring (bicyclic) bond motifs is 1. The smallest absolute Gasteiger partial charge is 0.336 e. The summed E-state index contributed by atoms with van der Waals surface area (Å²) in [5, 5.41) is 0. The Bertz CT molecular complexity index is 1040. The largest absolute Gasteiger partial charge is 0.466 e. The lowest BCUT2D eigenvalue weighted by Gasteiger charge is -2.40. The Balaban J connectivity index is 1.88. The Hall–Kier alpha value is -2.24. The molecule has 1 aromatic carbocycles. The van der Waals surface area contributed by atoms with Crippen LogP contribution < -0.4 is 4.90 Å². The molecule has 2 saturated heterocycles. The molecule has 0 radical (unpaired) electrons. The van der Waals surface area contributed by atoms with Crippen LogP contribution in [-0.4, -0.2) is 63.7 Å². The molecule has 0 N–H and O–H groups in total. The number of rotatable bonds is 5. The molecule has 3 aliphatic rings. The Morgan fingerprint density at radius 3 is 1.94 bits per heavy atom. The Labute approximate surface area is 213 Å². The van der Waals surface area contributed by atoms with E-state index in [1.54, 1.807) is 13.8 Å². The zero-order valence-electron chi connectivity index (χ0n) is 20.8. The van der Waals surface area contributed by atoms with Gasteiger partial charge in [0.05, 0.1) is 31.3 Å². The van der Waals surface area contributed by atoms with Crippen LogP contribution in [0.1, 0.15) is 27.7 Å². The predicted octanol–water partition coefficient (Wildman–Crippen LogP) is 3.67. The standard InChI is InChI=1S/C25H30BrNO8/c1-12-16(22(28)31-6)18(19-20(30-5)21-24(33-19)35-25(3,4)34-21)17(23(29)32-7)13(2)27(12)15-10-8-14(26)9-11-15/h8-11,18-21,24H,1-7H3/t19-,20+,21-,24-/m0/s1. The van der Waals surface area contributed by atoms with E-state index in [-0.39, 0.29) is 11.1 Å². The van der Waals surface area contributed by atoms with Gasteiger partial charge in [-0.25, -0.2) is 9.59 Å². The van der Waals surface area contributed by atoms with Crippen LogP contribution in [0.4, 0.5) is 5.69 Å². The molecule has 0 aromatic heterocycles. The highest BCUT2D eigenvalue weighted by Gasteiger charge is 2.59. The van der Waals surface area contributed by atoms with Gasteiger partial charge < -0.3 is 33.3 Å². The fourth-order valence-electron chi connectivity index (χ4n) is 5.20. The summed E-state index contributed by atoms with van der Waals surface area (Å²) in [6, 6.07) is 7.55. The first kappa shape index (κ1) is 25.8. The average Bonchev–Trinajstić information content (AvgIpc) is 3.29. The number of carbonyl (C=O) groups excluding carboxylic acids is 2. The molecule has 0 bridgehead atoms. The topological polar surface area (TPSA) is 92.8 Å². The Morgan fingerprint density at radius 2 is 1.46 bits per heavy atom. The predicted molar refractivity (Wildman–Crippen MR) is 129 cm³/mol. The van der Waals surface area contributed by atoms with E-state index in [9.17, 15) is 9.59 Å². The quantitative estimate of drug-likeness (QED) is 0.508. The molecule has 4 rings (SSSR count). The highest BCUT2D eigenvalue weighted by Crippen LogP contribution is 2.48. The van der Waals surface area contributed by atoms with Gasteiger partial charge in [0.25, 0.3) is 0 Å². The van der Waals surface area contributed by atoms with Crippen LogP contribution in [0.15, 0.2) is 51.3 Å². The molecule has 10 heteroatoms. The zero-order chi connectivity index (χ0) is 25.7. The lowest BCUT2D eigenvalue weighted by molar-refractivity contribution is -0.220. The SMILES string of the molecule is COC(=O)C1=C(C)N(c2ccc(Br)cc2)C(C)=C(C(=O)OC)C1[C@@H]1O[C@H]2OC(C)(C)O[C@H]2[C@@H]1OC. The summed E-state index contributed by atoms with van der Waals surface area (Å²) in [5.74, 6) is -2.86. The van der Waals surface area contributed by atoms with Crippen molar-refractivity contribution in [2.45, 2.75) is 58.1 Å². The number of hydrogen-bond acceptors (Lipinski definition) is 9. The van der Waals surface area contributed by atoms with E-state index in [0.29, 0.717) is 11.4 Å². The first-order valence-electron chi connectivity index (χ1n) is 11.2. The number of hydrogen-bond donors (Lipinski definition) is 0. The zero-order valence-corrected chi connectivity index (χ0v) is 22.4. The molecule has 1 aromatic rings. The summed E-state index contributed by atoms with van der Waals surface area (Å²) < 4.78 is 35.3. The summed E-state index contributed by atoms with van der Waals surface area (Å²) in [6.45, 7) is 7.21. The lowest BCUT2D eigenvalue weighted by atomic mass is 9.78. The second-order valence-corrected chi connectivity index (χ2v) is 9.96. The minimum atomic E-state index is -0.851. The molecule has 4 atom stereocenters. The molecule has 3 aliphatic heterocycles. The fourth-order valence-corrected chi connectivity index (χ4v) is 5.47. The second-order valence-electron chi connectivity index (χ2n) is 9.04. The van der Waals surface area contributed by atoms with Gasteiger partial charge >= 0.3 is 11.9 Å². The van der Waals surface area contributed by atoms with Gasteiger partial charge in [0, 0.05) is 28.7 Å². The molecule has 3 heterocycles. The molecule has 0 spiro atoms. The van der Waals surface area contributed by atoms with E-state index in [0.717, 1.165) is 10.2 Å². The molecular formula is C25H30BrNO8. The minimum Gasteiger partial charge on any atom is -0.466 e. The van der Waals surface area contributed by atoms with Crippen LogP contribution in [0.2, 0.25) is 0 Å². The van der Waals surface area contributed by atoms with Gasteiger partial charge in [-0.1, -0.05) is 15.9 Å². The third-order valence-electron chi connectivity index (χ3n) is 6.60. The van der Waals surface area contributed by atoms with Crippen LogP contribution in [0.3, 0.4) is 0 Å². The molecule has 2 fully saturated rings. The van der Waals surface area contributed by atoms with Crippen molar-refractivity contribution in [1.29, 1.82) is 0 Å². The fraction of sp³-hybridized carbons (Fsp3) is 0.520. The summed E-state index contributed by atoms with van der Waals surface area (Å²) >= 11 is 3.45. The van der Waals surface area contributed by atoms with E-state index >= 15 is 0 Å². The van der Waals surface area contributed by atoms with Crippen molar-refractivity contribution in [3.63, 3.8) is 0 Å². The average molecular weight is 552 g/mol. The van der Waals surface area contributed by atoms with E-state index in [2.05, 4.69) is 15.9 Å². The Morgan fingerprint density at radius 1 is 0.914 bits per heavy atom. The lowest BCUT2D eigenvalue weighted by Crippen LogP contribution is -2.46. The van der Waals surface area contributed by atoms with Gasteiger partial charge in [0.2, 0.25) is 0 Å². The van der Waals surface area contributed by atoms with Crippen molar-refractivity contribution in [3.05, 3.63) is 51.3 Å². The molecule has 35 heavy (non-hydrogen) atoms. The molecule has 0 saturated carbocycles. The number of esters is 2. The van der Waals surface area contributed by atoms with Crippen molar-refractivity contribution in [3.8, 4) is 0 Å². The molecule has 0 amide bonds. The number of nitrogens with zero attached hydrogens (tertiary/aromatic N) is 1. The number of anilines is 1. The van der Waals surface area contributed by atoms with Crippen LogP contribution in [0.5, 0.6) is 0 Å². The third kappa shape index (κ3) is 4.42. The maximum atomic E-state index is 13.2. The highest BCUT2D eigenvalue weighted by atomic mass is 79.9. The van der Waals surface area contributed by atoms with Crippen molar-refractivity contribution in [1.82, 2.24) is 0 Å². The second kappa shape index (κ2) is 9.67. The number of allylic oxidation sites excluding steroid dienone is 2. The van der Waals surface area contributed by atoms with Crippen LogP contribution in [-0.2, 0) is 38.0 Å². The normalized spacial score (nSPS) is 28.4. The van der Waals surface area contributed by atoms with Gasteiger partial charge in [-0.15, -0.1) is 0 Å². The molecular weight excluding hydrogens is 522 g/mol. The van der Waals surface area contributed by atoms with E-state index in [4.69, 9.17) is 28.4 Å². The van der Waals surface area contributed by atoms with Crippen molar-refractivity contribution in [2.75, 3.05) is 26.2 Å². The minimum absolute atomic E-state index is 0.271. The number of methoxy groups -OCH3 is 3. The first-order valence-corrected chi connectivity index (χ1v) is 12.0. The van der Waals surface area contributed by atoms with Crippen LogP contribution in [0.25, 0.3) is 0 Å². The van der Waals surface area contributed by atoms with Gasteiger partial charge in [-0.3, -0.25) is 0 Å². The summed E-state index contributed by atoms with van der Waals surface area (Å²) in [7, 11) is 4.15. The number of carbonyl (C=O) groups is 2. The molecule has 0 unspecified atom stereocenters. The van der Waals surface area contributed by atoms with E-state index in [1.807, 2.05) is 43.0 Å². The summed E-state index contributed by atoms with van der Waals surface area (Å²) in [5.41, 5.74) is 2.52.